The van der Waals surface area contributed by atoms with Gasteiger partial charge in [0, 0.05) is 6.08 Å². The van der Waals surface area contributed by atoms with Crippen molar-refractivity contribution in [2.75, 3.05) is 0 Å². The lowest BCUT2D eigenvalue weighted by Crippen LogP contribution is -2.09. The van der Waals surface area contributed by atoms with Gasteiger partial charge in [0.05, 0.1) is 11.6 Å². The Labute approximate surface area is 91.4 Å². The number of nitrogens with zero attached hydrogens (tertiary/aromatic N) is 1. The van der Waals surface area contributed by atoms with Crippen molar-refractivity contribution in [3.05, 3.63) is 11.6 Å². The van der Waals surface area contributed by atoms with E-state index in [2.05, 4.69) is 6.92 Å². The highest BCUT2D eigenvalue weighted by Crippen LogP contribution is 2.18. The van der Waals surface area contributed by atoms with E-state index in [9.17, 15) is 4.79 Å². The van der Waals surface area contributed by atoms with Crippen LogP contribution in [-0.2, 0) is 4.79 Å². The van der Waals surface area contributed by atoms with Crippen molar-refractivity contribution in [3.63, 3.8) is 0 Å². The van der Waals surface area contributed by atoms with Crippen LogP contribution >= 0.6 is 0 Å². The van der Waals surface area contributed by atoms with E-state index in [0.29, 0.717) is 0 Å². The maximum Gasteiger partial charge on any atom is 0.332 e. The first-order valence-electron chi connectivity index (χ1n) is 5.46. The summed E-state index contributed by atoms with van der Waals surface area (Å²) in [7, 11) is 0. The third kappa shape index (κ3) is 5.90. The summed E-state index contributed by atoms with van der Waals surface area (Å²) in [5.74, 6) is -1.00. The Morgan fingerprint density at radius 1 is 1.47 bits per heavy atom. The van der Waals surface area contributed by atoms with E-state index in [1.54, 1.807) is 6.07 Å². The second-order valence-electron chi connectivity index (χ2n) is 3.78. The number of hydrogen-bond donors (Lipinski definition) is 1. The maximum atomic E-state index is 10.8. The average molecular weight is 209 g/mol. The highest BCUT2D eigenvalue weighted by molar-refractivity contribution is 5.87. The molecule has 0 aliphatic heterocycles. The SMILES string of the molecule is CCCCCCC(C)/C(=C/C#N)C(=O)O. The van der Waals surface area contributed by atoms with E-state index in [0.717, 1.165) is 25.3 Å². The molecule has 0 aliphatic carbocycles. The first-order chi connectivity index (χ1) is 7.13. The number of aliphatic carboxylic acids is 1. The molecule has 3 nitrogen and oxygen atoms in total. The van der Waals surface area contributed by atoms with Crippen LogP contribution in [0.3, 0.4) is 0 Å². The first kappa shape index (κ1) is 13.7. The largest absolute Gasteiger partial charge is 0.478 e. The molecule has 1 N–H and O–H groups in total. The number of carbonyl (C=O) groups is 1. The zero-order valence-corrected chi connectivity index (χ0v) is 9.49. The summed E-state index contributed by atoms with van der Waals surface area (Å²) in [6, 6.07) is 1.79. The van der Waals surface area contributed by atoms with Crippen molar-refractivity contribution in [2.24, 2.45) is 5.92 Å². The molecule has 0 aromatic heterocycles. The van der Waals surface area contributed by atoms with Gasteiger partial charge in [-0.2, -0.15) is 5.26 Å². The lowest BCUT2D eigenvalue weighted by Gasteiger charge is -2.10. The van der Waals surface area contributed by atoms with Gasteiger partial charge in [0.2, 0.25) is 0 Å². The molecule has 0 aromatic carbocycles. The maximum absolute atomic E-state index is 10.8. The molecule has 84 valence electrons. The van der Waals surface area contributed by atoms with Gasteiger partial charge in [0.1, 0.15) is 0 Å². The summed E-state index contributed by atoms with van der Waals surface area (Å²) in [5.41, 5.74) is 0.231. The van der Waals surface area contributed by atoms with Crippen LogP contribution in [0.5, 0.6) is 0 Å². The van der Waals surface area contributed by atoms with Gasteiger partial charge < -0.3 is 5.11 Å². The molecule has 0 spiro atoms. The summed E-state index contributed by atoms with van der Waals surface area (Å²) >= 11 is 0. The van der Waals surface area contributed by atoms with E-state index < -0.39 is 5.97 Å². The van der Waals surface area contributed by atoms with Crippen LogP contribution < -0.4 is 0 Å². The number of carboxylic acids is 1. The van der Waals surface area contributed by atoms with Crippen molar-refractivity contribution < 1.29 is 9.90 Å². The molecule has 0 aliphatic rings. The molecular formula is C12H19NO2. The second-order valence-corrected chi connectivity index (χ2v) is 3.78. The molecule has 0 saturated heterocycles. The predicted octanol–water partition coefficient (Wildman–Crippen LogP) is 3.13. The van der Waals surface area contributed by atoms with Gasteiger partial charge >= 0.3 is 5.97 Å². The highest BCUT2D eigenvalue weighted by Gasteiger charge is 2.15. The highest BCUT2D eigenvalue weighted by atomic mass is 16.4. The van der Waals surface area contributed by atoms with Crippen molar-refractivity contribution in [2.45, 2.75) is 46.0 Å². The summed E-state index contributed by atoms with van der Waals surface area (Å²) < 4.78 is 0. The average Bonchev–Trinajstić information content (AvgIpc) is 2.20. The third-order valence-electron chi connectivity index (χ3n) is 2.49. The van der Waals surface area contributed by atoms with E-state index in [4.69, 9.17) is 10.4 Å². The van der Waals surface area contributed by atoms with Gasteiger partial charge in [-0.3, -0.25) is 0 Å². The number of unbranched alkanes of at least 4 members (excludes halogenated alkanes) is 3. The Morgan fingerprint density at radius 3 is 2.60 bits per heavy atom. The summed E-state index contributed by atoms with van der Waals surface area (Å²) in [6.45, 7) is 4.00. The van der Waals surface area contributed by atoms with Gasteiger partial charge in [-0.05, 0) is 12.3 Å². The number of rotatable bonds is 7. The van der Waals surface area contributed by atoms with Crippen LogP contribution in [0.15, 0.2) is 11.6 Å². The van der Waals surface area contributed by atoms with Gasteiger partial charge in [-0.25, -0.2) is 4.79 Å². The lowest BCUT2D eigenvalue weighted by atomic mass is 9.94. The first-order valence-corrected chi connectivity index (χ1v) is 5.46. The molecule has 15 heavy (non-hydrogen) atoms. The predicted molar refractivity (Wildman–Crippen MR) is 59.3 cm³/mol. The van der Waals surface area contributed by atoms with Crippen molar-refractivity contribution >= 4 is 5.97 Å². The second kappa shape index (κ2) is 8.05. The van der Waals surface area contributed by atoms with Crippen LogP contribution in [-0.4, -0.2) is 11.1 Å². The van der Waals surface area contributed by atoms with Crippen molar-refractivity contribution in [3.8, 4) is 6.07 Å². The normalized spacial score (nSPS) is 13.3. The lowest BCUT2D eigenvalue weighted by molar-refractivity contribution is -0.133. The molecule has 1 unspecified atom stereocenters. The minimum absolute atomic E-state index is 0.0287. The van der Waals surface area contributed by atoms with Crippen molar-refractivity contribution in [1.29, 1.82) is 5.26 Å². The minimum atomic E-state index is -0.973. The van der Waals surface area contributed by atoms with Crippen LogP contribution in [0, 0.1) is 17.2 Å². The van der Waals surface area contributed by atoms with E-state index in [-0.39, 0.29) is 11.5 Å². The Balaban J connectivity index is 4.06. The van der Waals surface area contributed by atoms with E-state index in [1.165, 1.54) is 12.8 Å². The molecule has 0 heterocycles. The fourth-order valence-electron chi connectivity index (χ4n) is 1.52. The smallest absolute Gasteiger partial charge is 0.332 e. The van der Waals surface area contributed by atoms with E-state index in [1.807, 2.05) is 6.92 Å². The van der Waals surface area contributed by atoms with Crippen LogP contribution in [0.25, 0.3) is 0 Å². The minimum Gasteiger partial charge on any atom is -0.478 e. The van der Waals surface area contributed by atoms with Crippen molar-refractivity contribution in [1.82, 2.24) is 0 Å². The molecule has 1 atom stereocenters. The molecule has 0 bridgehead atoms. The Bertz CT molecular complexity index is 263. The third-order valence-corrected chi connectivity index (χ3v) is 2.49. The molecule has 0 aromatic rings. The molecule has 3 heteroatoms. The molecule has 0 amide bonds. The standard InChI is InChI=1S/C12H19NO2/c1-3-4-5-6-7-10(2)11(8-9-13)12(14)15/h8,10H,3-7H2,1-2H3,(H,14,15)/b11-8-. The zero-order valence-electron chi connectivity index (χ0n) is 9.49. The number of hydrogen-bond acceptors (Lipinski definition) is 2. The molecule has 0 radical (unpaired) electrons. The Kier molecular flexibility index (Phi) is 7.35. The number of allylic oxidation sites excluding steroid dienone is 1. The van der Waals surface area contributed by atoms with Gasteiger partial charge in [-0.15, -0.1) is 0 Å². The van der Waals surface area contributed by atoms with Crippen LogP contribution in [0.4, 0.5) is 0 Å². The molecule has 0 saturated carbocycles. The fourth-order valence-corrected chi connectivity index (χ4v) is 1.52. The Morgan fingerprint density at radius 2 is 2.13 bits per heavy atom. The number of carboxylic acid groups (broad SMARTS) is 1. The van der Waals surface area contributed by atoms with Crippen LogP contribution in [0.1, 0.15) is 46.0 Å². The molecule has 0 rings (SSSR count). The summed E-state index contributed by atoms with van der Waals surface area (Å²) in [4.78, 5) is 10.8. The quantitative estimate of drug-likeness (QED) is 0.398. The topological polar surface area (TPSA) is 61.1 Å². The zero-order chi connectivity index (χ0) is 11.7. The van der Waals surface area contributed by atoms with E-state index >= 15 is 0 Å². The fraction of sp³-hybridized carbons (Fsp3) is 0.667. The Hall–Kier alpha value is -1.30. The van der Waals surface area contributed by atoms with Gasteiger partial charge in [0.15, 0.2) is 0 Å². The summed E-state index contributed by atoms with van der Waals surface area (Å²) in [5, 5.41) is 17.3. The summed E-state index contributed by atoms with van der Waals surface area (Å²) in [6.07, 6.45) is 6.53. The van der Waals surface area contributed by atoms with Crippen LogP contribution in [0.2, 0.25) is 0 Å². The molecular weight excluding hydrogens is 190 g/mol. The number of nitriles is 1. The van der Waals surface area contributed by atoms with Gasteiger partial charge in [-0.1, -0.05) is 39.5 Å². The molecule has 0 fully saturated rings. The monoisotopic (exact) mass is 209 g/mol. The van der Waals surface area contributed by atoms with Gasteiger partial charge in [0.25, 0.3) is 0 Å².